The fraction of sp³-hybridized carbons (Fsp3) is 0.150. The van der Waals surface area contributed by atoms with E-state index in [-0.39, 0.29) is 5.91 Å². The maximum atomic E-state index is 12.5. The minimum absolute atomic E-state index is 0.155. The Morgan fingerprint density at radius 2 is 1.74 bits per heavy atom. The second-order valence-electron chi connectivity index (χ2n) is 5.45. The molecule has 1 N–H and O–H groups in total. The lowest BCUT2D eigenvalue weighted by Gasteiger charge is -2.05. The Hall–Kier alpha value is -2.81. The van der Waals surface area contributed by atoms with Crippen LogP contribution in [0.15, 0.2) is 65.1 Å². The Kier molecular flexibility index (Phi) is 4.29. The van der Waals surface area contributed by atoms with Gasteiger partial charge in [-0.1, -0.05) is 49.4 Å². The predicted molar refractivity (Wildman–Crippen MR) is 92.7 cm³/mol. The van der Waals surface area contributed by atoms with Gasteiger partial charge in [0.05, 0.1) is 5.56 Å². The molecule has 2 aromatic carbocycles. The molecule has 0 spiro atoms. The quantitative estimate of drug-likeness (QED) is 0.731. The first-order valence-corrected chi connectivity index (χ1v) is 7.73. The number of anilines is 1. The highest BCUT2D eigenvalue weighted by Gasteiger charge is 2.16. The summed E-state index contributed by atoms with van der Waals surface area (Å²) in [5.41, 5.74) is 3.55. The molecule has 0 aliphatic carbocycles. The lowest BCUT2D eigenvalue weighted by Crippen LogP contribution is -2.12. The van der Waals surface area contributed by atoms with Gasteiger partial charge in [0.15, 0.2) is 0 Å². The largest absolute Gasteiger partial charge is 0.461 e. The SMILES string of the molecule is CCc1ccc(NC(=O)c2cc(-c3ccccc3)oc2C)cc1. The summed E-state index contributed by atoms with van der Waals surface area (Å²) in [7, 11) is 0. The molecule has 3 heteroatoms. The van der Waals surface area contributed by atoms with E-state index in [2.05, 4.69) is 12.2 Å². The Morgan fingerprint density at radius 3 is 2.39 bits per heavy atom. The molecule has 0 atom stereocenters. The molecule has 0 radical (unpaired) electrons. The van der Waals surface area contributed by atoms with Crippen LogP contribution in [0.25, 0.3) is 11.3 Å². The highest BCUT2D eigenvalue weighted by atomic mass is 16.3. The van der Waals surface area contributed by atoms with Crippen molar-refractivity contribution < 1.29 is 9.21 Å². The summed E-state index contributed by atoms with van der Waals surface area (Å²) in [5.74, 6) is 1.17. The van der Waals surface area contributed by atoms with Gasteiger partial charge in [0.25, 0.3) is 5.91 Å². The van der Waals surface area contributed by atoms with Gasteiger partial charge in [-0.05, 0) is 37.1 Å². The number of aryl methyl sites for hydroxylation is 2. The molecule has 23 heavy (non-hydrogen) atoms. The van der Waals surface area contributed by atoms with Crippen molar-refractivity contribution in [1.29, 1.82) is 0 Å². The molecule has 0 bridgehead atoms. The van der Waals surface area contributed by atoms with Crippen molar-refractivity contribution in [2.45, 2.75) is 20.3 Å². The monoisotopic (exact) mass is 305 g/mol. The van der Waals surface area contributed by atoms with Gasteiger partial charge in [-0.2, -0.15) is 0 Å². The van der Waals surface area contributed by atoms with E-state index in [1.807, 2.05) is 61.5 Å². The number of rotatable bonds is 4. The number of carbonyl (C=O) groups is 1. The molecule has 3 nitrogen and oxygen atoms in total. The first-order chi connectivity index (χ1) is 11.2. The van der Waals surface area contributed by atoms with Crippen molar-refractivity contribution in [3.63, 3.8) is 0 Å². The highest BCUT2D eigenvalue weighted by Crippen LogP contribution is 2.25. The standard InChI is InChI=1S/C20H19NO2/c1-3-15-9-11-17(12-10-15)21-20(22)18-13-19(23-14(18)2)16-7-5-4-6-8-16/h4-13H,3H2,1-2H3,(H,21,22). The molecule has 3 rings (SSSR count). The summed E-state index contributed by atoms with van der Waals surface area (Å²) in [6.07, 6.45) is 0.982. The van der Waals surface area contributed by atoms with Crippen LogP contribution in [0.2, 0.25) is 0 Å². The number of amides is 1. The maximum Gasteiger partial charge on any atom is 0.259 e. The summed E-state index contributed by atoms with van der Waals surface area (Å²) in [5, 5.41) is 2.92. The van der Waals surface area contributed by atoms with Crippen LogP contribution in [-0.4, -0.2) is 5.91 Å². The van der Waals surface area contributed by atoms with Gasteiger partial charge >= 0.3 is 0 Å². The number of hydrogen-bond acceptors (Lipinski definition) is 2. The average molecular weight is 305 g/mol. The van der Waals surface area contributed by atoms with Gasteiger partial charge in [0, 0.05) is 11.3 Å². The van der Waals surface area contributed by atoms with Crippen molar-refractivity contribution in [3.05, 3.63) is 77.6 Å². The number of hydrogen-bond donors (Lipinski definition) is 1. The van der Waals surface area contributed by atoms with Crippen molar-refractivity contribution in [3.8, 4) is 11.3 Å². The molecule has 0 aliphatic rings. The normalized spacial score (nSPS) is 10.5. The van der Waals surface area contributed by atoms with Crippen molar-refractivity contribution in [2.24, 2.45) is 0 Å². The van der Waals surface area contributed by atoms with E-state index >= 15 is 0 Å². The van der Waals surface area contributed by atoms with Gasteiger partial charge in [-0.15, -0.1) is 0 Å². The number of nitrogens with one attached hydrogen (secondary N) is 1. The van der Waals surface area contributed by atoms with Crippen LogP contribution >= 0.6 is 0 Å². The van der Waals surface area contributed by atoms with Gasteiger partial charge in [-0.3, -0.25) is 4.79 Å². The van der Waals surface area contributed by atoms with Gasteiger partial charge in [-0.25, -0.2) is 0 Å². The number of furan rings is 1. The van der Waals surface area contributed by atoms with Gasteiger partial charge < -0.3 is 9.73 Å². The molecule has 3 aromatic rings. The molecule has 1 amide bonds. The van der Waals surface area contributed by atoms with Gasteiger partial charge in [0.2, 0.25) is 0 Å². The third kappa shape index (κ3) is 3.34. The molecule has 1 aromatic heterocycles. The van der Waals surface area contributed by atoms with E-state index in [1.165, 1.54) is 5.56 Å². The van der Waals surface area contributed by atoms with E-state index in [0.717, 1.165) is 17.7 Å². The topological polar surface area (TPSA) is 42.2 Å². The van der Waals surface area contributed by atoms with E-state index in [0.29, 0.717) is 17.1 Å². The Balaban J connectivity index is 1.81. The van der Waals surface area contributed by atoms with Crippen LogP contribution in [0, 0.1) is 6.92 Å². The summed E-state index contributed by atoms with van der Waals surface area (Å²) >= 11 is 0. The van der Waals surface area contributed by atoms with Crippen molar-refractivity contribution >= 4 is 11.6 Å². The number of carbonyl (C=O) groups excluding carboxylic acids is 1. The van der Waals surface area contributed by atoms with E-state index in [9.17, 15) is 4.79 Å². The van der Waals surface area contributed by atoms with Crippen molar-refractivity contribution in [1.82, 2.24) is 0 Å². The summed E-state index contributed by atoms with van der Waals surface area (Å²) in [6.45, 7) is 3.91. The number of benzene rings is 2. The molecular weight excluding hydrogens is 286 g/mol. The molecule has 0 aliphatic heterocycles. The molecule has 0 fully saturated rings. The van der Waals surface area contributed by atoms with E-state index < -0.39 is 0 Å². The predicted octanol–water partition coefficient (Wildman–Crippen LogP) is 5.07. The summed E-state index contributed by atoms with van der Waals surface area (Å²) < 4.78 is 5.74. The van der Waals surface area contributed by atoms with Crippen LogP contribution in [0.3, 0.4) is 0 Å². The van der Waals surface area contributed by atoms with Crippen LogP contribution in [0.4, 0.5) is 5.69 Å². The second-order valence-corrected chi connectivity index (χ2v) is 5.45. The molecule has 116 valence electrons. The molecule has 0 unspecified atom stereocenters. The first kappa shape index (κ1) is 15.1. The zero-order valence-electron chi connectivity index (χ0n) is 13.3. The zero-order chi connectivity index (χ0) is 16.2. The van der Waals surface area contributed by atoms with Gasteiger partial charge in [0.1, 0.15) is 11.5 Å². The first-order valence-electron chi connectivity index (χ1n) is 7.73. The summed E-state index contributed by atoms with van der Waals surface area (Å²) in [4.78, 5) is 12.5. The summed E-state index contributed by atoms with van der Waals surface area (Å²) in [6, 6.07) is 19.4. The molecule has 1 heterocycles. The average Bonchev–Trinajstić information content (AvgIpc) is 2.98. The Bertz CT molecular complexity index is 801. The fourth-order valence-corrected chi connectivity index (χ4v) is 2.47. The molecule has 0 saturated heterocycles. The van der Waals surface area contributed by atoms with Crippen LogP contribution in [-0.2, 0) is 6.42 Å². The highest BCUT2D eigenvalue weighted by molar-refractivity contribution is 6.05. The smallest absolute Gasteiger partial charge is 0.259 e. The second kappa shape index (κ2) is 6.53. The minimum Gasteiger partial charge on any atom is -0.461 e. The van der Waals surface area contributed by atoms with E-state index in [1.54, 1.807) is 6.07 Å². The lowest BCUT2D eigenvalue weighted by atomic mass is 10.1. The zero-order valence-corrected chi connectivity index (χ0v) is 13.3. The fourth-order valence-electron chi connectivity index (χ4n) is 2.47. The van der Waals surface area contributed by atoms with Crippen LogP contribution in [0.5, 0.6) is 0 Å². The van der Waals surface area contributed by atoms with Crippen LogP contribution < -0.4 is 5.32 Å². The minimum atomic E-state index is -0.155. The van der Waals surface area contributed by atoms with E-state index in [4.69, 9.17) is 4.42 Å². The van der Waals surface area contributed by atoms with Crippen LogP contribution in [0.1, 0.15) is 28.6 Å². The van der Waals surface area contributed by atoms with Crippen molar-refractivity contribution in [2.75, 3.05) is 5.32 Å². The maximum absolute atomic E-state index is 12.5. The Labute approximate surface area is 136 Å². The molecule has 0 saturated carbocycles. The Morgan fingerprint density at radius 1 is 1.04 bits per heavy atom. The third-order valence-corrected chi connectivity index (χ3v) is 3.84. The molecular formula is C20H19NO2. The third-order valence-electron chi connectivity index (χ3n) is 3.84. The lowest BCUT2D eigenvalue weighted by molar-refractivity contribution is 0.102.